The minimum Gasteiger partial charge on any atom is -0.369 e. The van der Waals surface area contributed by atoms with Gasteiger partial charge in [-0.2, -0.15) is 0 Å². The fourth-order valence-electron chi connectivity index (χ4n) is 3.22. The molecule has 1 fully saturated rings. The van der Waals surface area contributed by atoms with E-state index in [4.69, 9.17) is 5.73 Å². The second kappa shape index (κ2) is 4.59. The van der Waals surface area contributed by atoms with Crippen LogP contribution in [0.2, 0.25) is 0 Å². The van der Waals surface area contributed by atoms with Gasteiger partial charge in [0.1, 0.15) is 5.52 Å². The number of nitrogens with two attached hydrogens (primary N) is 1. The number of fused-ring (bicyclic) bond motifs is 1. The van der Waals surface area contributed by atoms with E-state index in [1.54, 1.807) is 6.20 Å². The summed E-state index contributed by atoms with van der Waals surface area (Å²) in [5.41, 5.74) is 8.13. The first kappa shape index (κ1) is 11.5. The summed E-state index contributed by atoms with van der Waals surface area (Å²) < 4.78 is 2.22. The van der Waals surface area contributed by atoms with E-state index in [1.165, 1.54) is 32.1 Å². The van der Waals surface area contributed by atoms with Gasteiger partial charge in [-0.25, -0.2) is 4.98 Å². The number of aromatic nitrogens is 3. The monoisotopic (exact) mass is 244 g/mol. The van der Waals surface area contributed by atoms with Gasteiger partial charge >= 0.3 is 0 Å². The number of hydrogen-bond donors (Lipinski definition) is 1. The molecule has 18 heavy (non-hydrogen) atoms. The first-order valence-corrected chi connectivity index (χ1v) is 6.87. The number of nitrogens with zero attached hydrogens (tertiary/aromatic N) is 3. The molecule has 2 aromatic heterocycles. The number of pyridine rings is 1. The van der Waals surface area contributed by atoms with E-state index in [0.29, 0.717) is 12.0 Å². The number of anilines is 1. The lowest BCUT2D eigenvalue weighted by Crippen LogP contribution is -2.20. The van der Waals surface area contributed by atoms with E-state index >= 15 is 0 Å². The van der Waals surface area contributed by atoms with Gasteiger partial charge in [0.25, 0.3) is 0 Å². The zero-order valence-corrected chi connectivity index (χ0v) is 10.8. The lowest BCUT2D eigenvalue weighted by molar-refractivity contribution is 0.267. The molecule has 2 heterocycles. The molecule has 0 aromatic carbocycles. The first-order chi connectivity index (χ1) is 8.79. The van der Waals surface area contributed by atoms with Crippen LogP contribution in [0.5, 0.6) is 0 Å². The largest absolute Gasteiger partial charge is 0.369 e. The molecule has 1 saturated carbocycles. The Morgan fingerprint density at radius 1 is 1.44 bits per heavy atom. The van der Waals surface area contributed by atoms with Crippen molar-refractivity contribution in [3.63, 3.8) is 0 Å². The summed E-state index contributed by atoms with van der Waals surface area (Å²) in [5.74, 6) is 1.47. The number of rotatable bonds is 2. The van der Waals surface area contributed by atoms with Crippen LogP contribution in [0, 0.1) is 5.92 Å². The molecule has 0 aliphatic heterocycles. The Hall–Kier alpha value is -1.58. The van der Waals surface area contributed by atoms with Crippen LogP contribution in [0.1, 0.15) is 45.1 Å². The third-order valence-corrected chi connectivity index (χ3v) is 4.22. The maximum absolute atomic E-state index is 6.10. The van der Waals surface area contributed by atoms with Crippen molar-refractivity contribution in [2.24, 2.45) is 5.92 Å². The van der Waals surface area contributed by atoms with Crippen LogP contribution >= 0.6 is 0 Å². The Morgan fingerprint density at radius 2 is 2.33 bits per heavy atom. The van der Waals surface area contributed by atoms with Crippen LogP contribution in [0.25, 0.3) is 11.0 Å². The fraction of sp³-hybridized carbons (Fsp3) is 0.571. The topological polar surface area (TPSA) is 56.7 Å². The summed E-state index contributed by atoms with van der Waals surface area (Å²) in [6.07, 6.45) is 9.99. The Bertz CT molecular complexity index is 546. The Balaban J connectivity index is 2.00. The van der Waals surface area contributed by atoms with Gasteiger partial charge in [0, 0.05) is 12.2 Å². The summed E-state index contributed by atoms with van der Waals surface area (Å²) in [7, 11) is 0. The highest BCUT2D eigenvalue weighted by Crippen LogP contribution is 2.37. The molecule has 3 rings (SSSR count). The van der Waals surface area contributed by atoms with Gasteiger partial charge in [-0.3, -0.25) is 4.98 Å². The maximum Gasteiger partial charge on any atom is 0.201 e. The average Bonchev–Trinajstić information content (AvgIpc) is 2.74. The Morgan fingerprint density at radius 3 is 3.17 bits per heavy atom. The molecular weight excluding hydrogens is 224 g/mol. The van der Waals surface area contributed by atoms with Crippen molar-refractivity contribution in [2.45, 2.75) is 45.1 Å². The van der Waals surface area contributed by atoms with Gasteiger partial charge < -0.3 is 10.3 Å². The predicted octanol–water partition coefficient (Wildman–Crippen LogP) is 3.15. The number of hydrogen-bond acceptors (Lipinski definition) is 3. The van der Waals surface area contributed by atoms with Crippen LogP contribution in [-0.4, -0.2) is 14.5 Å². The Kier molecular flexibility index (Phi) is 2.94. The second-order valence-electron chi connectivity index (χ2n) is 5.30. The molecule has 0 amide bonds. The number of nitrogen functional groups attached to an aromatic ring is 1. The van der Waals surface area contributed by atoms with Crippen LogP contribution in [0.4, 0.5) is 5.95 Å². The highest BCUT2D eigenvalue weighted by Gasteiger charge is 2.24. The molecular formula is C14H20N4. The van der Waals surface area contributed by atoms with Crippen LogP contribution in [0.3, 0.4) is 0 Å². The van der Waals surface area contributed by atoms with Crippen molar-refractivity contribution in [1.82, 2.24) is 14.5 Å². The minimum atomic E-state index is 0.510. The van der Waals surface area contributed by atoms with Crippen molar-refractivity contribution in [3.8, 4) is 0 Å². The van der Waals surface area contributed by atoms with Gasteiger partial charge in [0.05, 0.1) is 11.7 Å². The SMILES string of the molecule is CCC1CCCC(n2c(N)nc3cnccc32)C1. The van der Waals surface area contributed by atoms with E-state index in [2.05, 4.69) is 21.5 Å². The molecule has 4 nitrogen and oxygen atoms in total. The smallest absolute Gasteiger partial charge is 0.201 e. The highest BCUT2D eigenvalue weighted by molar-refractivity contribution is 5.77. The molecule has 96 valence electrons. The van der Waals surface area contributed by atoms with E-state index in [0.717, 1.165) is 17.0 Å². The quantitative estimate of drug-likeness (QED) is 0.882. The van der Waals surface area contributed by atoms with Gasteiger partial charge in [-0.05, 0) is 24.8 Å². The zero-order chi connectivity index (χ0) is 12.5. The molecule has 2 atom stereocenters. The van der Waals surface area contributed by atoms with E-state index < -0.39 is 0 Å². The minimum absolute atomic E-state index is 0.510. The predicted molar refractivity (Wildman–Crippen MR) is 73.2 cm³/mol. The average molecular weight is 244 g/mol. The molecule has 0 spiro atoms. The fourth-order valence-corrected chi connectivity index (χ4v) is 3.22. The molecule has 1 aliphatic rings. The van der Waals surface area contributed by atoms with Gasteiger partial charge in [-0.15, -0.1) is 0 Å². The van der Waals surface area contributed by atoms with E-state index in [-0.39, 0.29) is 0 Å². The highest BCUT2D eigenvalue weighted by atomic mass is 15.2. The second-order valence-corrected chi connectivity index (χ2v) is 5.30. The van der Waals surface area contributed by atoms with Crippen LogP contribution in [-0.2, 0) is 0 Å². The lowest BCUT2D eigenvalue weighted by Gasteiger charge is -2.30. The molecule has 2 unspecified atom stereocenters. The molecule has 2 aromatic rings. The van der Waals surface area contributed by atoms with Gasteiger partial charge in [0.2, 0.25) is 5.95 Å². The summed E-state index contributed by atoms with van der Waals surface area (Å²) in [5, 5.41) is 0. The van der Waals surface area contributed by atoms with E-state index in [9.17, 15) is 0 Å². The molecule has 0 bridgehead atoms. The molecule has 1 aliphatic carbocycles. The molecule has 4 heteroatoms. The van der Waals surface area contributed by atoms with Crippen molar-refractivity contribution in [1.29, 1.82) is 0 Å². The third-order valence-electron chi connectivity index (χ3n) is 4.22. The molecule has 0 radical (unpaired) electrons. The van der Waals surface area contributed by atoms with E-state index in [1.807, 2.05) is 12.3 Å². The summed E-state index contributed by atoms with van der Waals surface area (Å²) in [6.45, 7) is 2.28. The molecule has 2 N–H and O–H groups in total. The van der Waals surface area contributed by atoms with Gasteiger partial charge in [-0.1, -0.05) is 26.2 Å². The van der Waals surface area contributed by atoms with Crippen molar-refractivity contribution < 1.29 is 0 Å². The first-order valence-electron chi connectivity index (χ1n) is 6.87. The summed E-state index contributed by atoms with van der Waals surface area (Å²) in [4.78, 5) is 8.53. The summed E-state index contributed by atoms with van der Waals surface area (Å²) >= 11 is 0. The molecule has 0 saturated heterocycles. The van der Waals surface area contributed by atoms with Crippen molar-refractivity contribution in [3.05, 3.63) is 18.5 Å². The standard InChI is InChI=1S/C14H20N4/c1-2-10-4-3-5-11(8-10)18-13-6-7-16-9-12(13)17-14(18)15/h6-7,9-11H,2-5,8H2,1H3,(H2,15,17). The normalized spacial score (nSPS) is 24.5. The zero-order valence-electron chi connectivity index (χ0n) is 10.8. The third kappa shape index (κ3) is 1.85. The van der Waals surface area contributed by atoms with Crippen LogP contribution < -0.4 is 5.73 Å². The summed E-state index contributed by atoms with van der Waals surface area (Å²) in [6, 6.07) is 2.53. The van der Waals surface area contributed by atoms with Crippen molar-refractivity contribution in [2.75, 3.05) is 5.73 Å². The van der Waals surface area contributed by atoms with Crippen molar-refractivity contribution >= 4 is 17.0 Å². The van der Waals surface area contributed by atoms with Gasteiger partial charge in [0.15, 0.2) is 0 Å². The maximum atomic E-state index is 6.10. The Labute approximate surface area is 107 Å². The lowest BCUT2D eigenvalue weighted by atomic mass is 9.84. The van der Waals surface area contributed by atoms with Crippen LogP contribution in [0.15, 0.2) is 18.5 Å². The number of imidazole rings is 1.